The molecule has 0 saturated carbocycles. The largest absolute Gasteiger partial charge is 0.316 e. The quantitative estimate of drug-likeness (QED) is 0.897. The Hall–Kier alpha value is -1.01. The average molecular weight is 251 g/mol. The number of fused-ring (bicyclic) bond motifs is 1. The molecule has 3 rings (SSSR count). The van der Waals surface area contributed by atoms with Crippen molar-refractivity contribution >= 4 is 16.3 Å². The summed E-state index contributed by atoms with van der Waals surface area (Å²) in [4.78, 5) is 0.926. The Morgan fingerprint density at radius 1 is 1.47 bits per heavy atom. The van der Waals surface area contributed by atoms with Crippen LogP contribution in [-0.4, -0.2) is 32.9 Å². The molecular weight excluding hydrogens is 234 g/mol. The summed E-state index contributed by atoms with van der Waals surface area (Å²) in [5.74, 6) is 2.07. The van der Waals surface area contributed by atoms with Gasteiger partial charge in [-0.25, -0.2) is 0 Å². The van der Waals surface area contributed by atoms with Gasteiger partial charge in [0.05, 0.1) is 0 Å². The molecule has 92 valence electrons. The number of hydrogen-bond donors (Lipinski definition) is 1. The van der Waals surface area contributed by atoms with Gasteiger partial charge in [0.25, 0.3) is 0 Å². The molecule has 2 aromatic heterocycles. The molecule has 1 fully saturated rings. The Morgan fingerprint density at radius 3 is 3.06 bits per heavy atom. The van der Waals surface area contributed by atoms with E-state index >= 15 is 0 Å². The minimum atomic E-state index is 0.369. The van der Waals surface area contributed by atoms with E-state index in [1.54, 1.807) is 11.3 Å². The first-order chi connectivity index (χ1) is 8.24. The molecule has 5 nitrogen and oxygen atoms in total. The molecule has 0 amide bonds. The van der Waals surface area contributed by atoms with Crippen LogP contribution in [0.4, 0.5) is 0 Å². The van der Waals surface area contributed by atoms with Crippen molar-refractivity contribution in [1.82, 2.24) is 25.1 Å². The second-order valence-electron chi connectivity index (χ2n) is 4.97. The minimum absolute atomic E-state index is 0.369. The van der Waals surface area contributed by atoms with Gasteiger partial charge in [0, 0.05) is 12.3 Å². The van der Waals surface area contributed by atoms with Crippen LogP contribution in [0.1, 0.15) is 37.0 Å². The van der Waals surface area contributed by atoms with E-state index in [0.717, 1.165) is 36.2 Å². The molecule has 0 radical (unpaired) electrons. The van der Waals surface area contributed by atoms with Crippen LogP contribution in [0.2, 0.25) is 0 Å². The molecule has 1 atom stereocenters. The van der Waals surface area contributed by atoms with Gasteiger partial charge >= 0.3 is 0 Å². The molecule has 0 spiro atoms. The van der Waals surface area contributed by atoms with Crippen molar-refractivity contribution in [2.75, 3.05) is 13.1 Å². The molecule has 1 unspecified atom stereocenters. The second-order valence-corrected chi connectivity index (χ2v) is 6.01. The molecule has 1 aliphatic heterocycles. The van der Waals surface area contributed by atoms with Crippen molar-refractivity contribution in [3.63, 3.8) is 0 Å². The second kappa shape index (κ2) is 4.34. The zero-order valence-corrected chi connectivity index (χ0v) is 11.0. The maximum Gasteiger partial charge on any atom is 0.234 e. The van der Waals surface area contributed by atoms with Crippen LogP contribution in [-0.2, 0) is 6.42 Å². The molecular formula is C11H17N5S. The van der Waals surface area contributed by atoms with Gasteiger partial charge in [-0.1, -0.05) is 25.2 Å². The van der Waals surface area contributed by atoms with Crippen LogP contribution in [0.15, 0.2) is 0 Å². The summed E-state index contributed by atoms with van der Waals surface area (Å²) in [5, 5.41) is 17.6. The van der Waals surface area contributed by atoms with Crippen molar-refractivity contribution in [3.05, 3.63) is 10.8 Å². The monoisotopic (exact) mass is 251 g/mol. The van der Waals surface area contributed by atoms with Gasteiger partial charge in [-0.2, -0.15) is 9.61 Å². The van der Waals surface area contributed by atoms with Gasteiger partial charge in [0.1, 0.15) is 5.01 Å². The predicted molar refractivity (Wildman–Crippen MR) is 67.4 cm³/mol. The lowest BCUT2D eigenvalue weighted by Gasteiger charge is -2.03. The van der Waals surface area contributed by atoms with Crippen molar-refractivity contribution in [1.29, 1.82) is 0 Å². The van der Waals surface area contributed by atoms with E-state index in [-0.39, 0.29) is 0 Å². The third-order valence-electron chi connectivity index (χ3n) is 3.20. The molecule has 0 aromatic carbocycles. The highest BCUT2D eigenvalue weighted by atomic mass is 32.1. The van der Waals surface area contributed by atoms with Gasteiger partial charge in [0.15, 0.2) is 5.82 Å². The average Bonchev–Trinajstić information content (AvgIpc) is 2.92. The maximum absolute atomic E-state index is 4.64. The van der Waals surface area contributed by atoms with Gasteiger partial charge < -0.3 is 5.32 Å². The van der Waals surface area contributed by atoms with Gasteiger partial charge in [-0.15, -0.1) is 10.2 Å². The summed E-state index contributed by atoms with van der Waals surface area (Å²) in [6, 6.07) is 0. The molecule has 1 saturated heterocycles. The number of aromatic nitrogens is 4. The summed E-state index contributed by atoms with van der Waals surface area (Å²) in [6.45, 7) is 6.51. The highest BCUT2D eigenvalue weighted by Crippen LogP contribution is 2.22. The predicted octanol–water partition coefficient (Wildman–Crippen LogP) is 1.46. The van der Waals surface area contributed by atoms with Gasteiger partial charge in [0.2, 0.25) is 4.96 Å². The highest BCUT2D eigenvalue weighted by molar-refractivity contribution is 7.16. The van der Waals surface area contributed by atoms with Crippen LogP contribution in [0, 0.1) is 5.92 Å². The van der Waals surface area contributed by atoms with E-state index < -0.39 is 0 Å². The maximum atomic E-state index is 4.64. The van der Waals surface area contributed by atoms with Crippen LogP contribution < -0.4 is 5.32 Å². The summed E-state index contributed by atoms with van der Waals surface area (Å²) < 4.78 is 1.91. The van der Waals surface area contributed by atoms with Gasteiger partial charge in [-0.05, 0) is 25.4 Å². The van der Waals surface area contributed by atoms with E-state index in [9.17, 15) is 0 Å². The van der Waals surface area contributed by atoms with E-state index in [2.05, 4.69) is 34.5 Å². The smallest absolute Gasteiger partial charge is 0.234 e. The number of nitrogens with one attached hydrogen (secondary N) is 1. The van der Waals surface area contributed by atoms with Crippen molar-refractivity contribution < 1.29 is 0 Å². The minimum Gasteiger partial charge on any atom is -0.316 e. The zero-order valence-electron chi connectivity index (χ0n) is 10.2. The van der Waals surface area contributed by atoms with Crippen molar-refractivity contribution in [2.24, 2.45) is 5.92 Å². The van der Waals surface area contributed by atoms with Crippen LogP contribution in [0.3, 0.4) is 0 Å². The van der Waals surface area contributed by atoms with Crippen LogP contribution >= 0.6 is 11.3 Å². The van der Waals surface area contributed by atoms with E-state index in [0.29, 0.717) is 5.92 Å². The fourth-order valence-corrected chi connectivity index (χ4v) is 3.20. The fraction of sp³-hybridized carbons (Fsp3) is 0.727. The first-order valence-corrected chi connectivity index (χ1v) is 6.97. The SMILES string of the molecule is CC(C)c1nnc2sc(CC3CCNC3)nn12. The lowest BCUT2D eigenvalue weighted by molar-refractivity contribution is 0.571. The Balaban J connectivity index is 1.86. The number of rotatable bonds is 3. The first kappa shape index (κ1) is 11.1. The fourth-order valence-electron chi connectivity index (χ4n) is 2.25. The standard InChI is InChI=1S/C11H17N5S/c1-7(2)10-13-14-11-16(10)15-9(17-11)5-8-3-4-12-6-8/h7-8,12H,3-6H2,1-2H3. The number of nitrogens with zero attached hydrogens (tertiary/aromatic N) is 4. The third-order valence-corrected chi connectivity index (χ3v) is 4.12. The summed E-state index contributed by atoms with van der Waals surface area (Å²) >= 11 is 1.67. The highest BCUT2D eigenvalue weighted by Gasteiger charge is 2.19. The molecule has 1 N–H and O–H groups in total. The molecule has 2 aromatic rings. The Morgan fingerprint density at radius 2 is 2.35 bits per heavy atom. The normalized spacial score (nSPS) is 20.8. The Kier molecular flexibility index (Phi) is 2.84. The lowest BCUT2D eigenvalue weighted by Crippen LogP contribution is -2.11. The molecule has 1 aliphatic rings. The molecule has 0 aliphatic carbocycles. The molecule has 6 heteroatoms. The molecule has 0 bridgehead atoms. The summed E-state index contributed by atoms with van der Waals surface area (Å²) in [6.07, 6.45) is 2.33. The molecule has 17 heavy (non-hydrogen) atoms. The summed E-state index contributed by atoms with van der Waals surface area (Å²) in [5.41, 5.74) is 0. The Bertz CT molecular complexity index is 509. The number of hydrogen-bond acceptors (Lipinski definition) is 5. The summed E-state index contributed by atoms with van der Waals surface area (Å²) in [7, 11) is 0. The van der Waals surface area contributed by atoms with E-state index in [1.165, 1.54) is 11.4 Å². The Labute approximate surface area is 104 Å². The lowest BCUT2D eigenvalue weighted by atomic mass is 10.1. The molecule has 3 heterocycles. The first-order valence-electron chi connectivity index (χ1n) is 6.16. The van der Waals surface area contributed by atoms with E-state index in [4.69, 9.17) is 0 Å². The van der Waals surface area contributed by atoms with Crippen molar-refractivity contribution in [3.8, 4) is 0 Å². The van der Waals surface area contributed by atoms with Gasteiger partial charge in [-0.3, -0.25) is 0 Å². The van der Waals surface area contributed by atoms with Crippen LogP contribution in [0.5, 0.6) is 0 Å². The van der Waals surface area contributed by atoms with Crippen molar-refractivity contribution in [2.45, 2.75) is 32.6 Å². The topological polar surface area (TPSA) is 55.1 Å². The zero-order chi connectivity index (χ0) is 11.8. The van der Waals surface area contributed by atoms with E-state index in [1.807, 2.05) is 4.52 Å². The third kappa shape index (κ3) is 2.07. The van der Waals surface area contributed by atoms with Crippen LogP contribution in [0.25, 0.3) is 4.96 Å².